The molecule has 0 atom stereocenters. The third-order valence-corrected chi connectivity index (χ3v) is 5.15. The molecule has 31 heavy (non-hydrogen) atoms. The average Bonchev–Trinajstić information content (AvgIpc) is 2.71. The van der Waals surface area contributed by atoms with Gasteiger partial charge in [0.15, 0.2) is 6.61 Å². The van der Waals surface area contributed by atoms with E-state index >= 15 is 0 Å². The second kappa shape index (κ2) is 10.5. The number of hydrogen-bond donors (Lipinski definition) is 3. The molecule has 11 heteroatoms. The fourth-order valence-electron chi connectivity index (χ4n) is 2.28. The predicted molar refractivity (Wildman–Crippen MR) is 110 cm³/mol. The largest absolute Gasteiger partial charge is 0.452 e. The van der Waals surface area contributed by atoms with Gasteiger partial charge in [-0.25, -0.2) is 22.4 Å². The zero-order valence-corrected chi connectivity index (χ0v) is 17.7. The van der Waals surface area contributed by atoms with Crippen molar-refractivity contribution in [3.63, 3.8) is 0 Å². The summed E-state index contributed by atoms with van der Waals surface area (Å²) < 4.78 is 45.1. The number of hydrogen-bond acceptors (Lipinski definition) is 6. The molecule has 2 aromatic rings. The van der Waals surface area contributed by atoms with E-state index in [0.717, 1.165) is 24.3 Å². The van der Waals surface area contributed by atoms with Gasteiger partial charge < -0.3 is 10.1 Å². The van der Waals surface area contributed by atoms with Gasteiger partial charge in [-0.1, -0.05) is 26.0 Å². The number of rotatable bonds is 8. The first-order valence-corrected chi connectivity index (χ1v) is 10.7. The minimum atomic E-state index is -4.10. The summed E-state index contributed by atoms with van der Waals surface area (Å²) >= 11 is 0. The number of carbonyl (C=O) groups is 3. The predicted octanol–water partition coefficient (Wildman–Crippen LogP) is 2.27. The Labute approximate surface area is 179 Å². The summed E-state index contributed by atoms with van der Waals surface area (Å²) in [5.74, 6) is -2.23. The number of imide groups is 1. The fourth-order valence-corrected chi connectivity index (χ4v) is 3.36. The highest BCUT2D eigenvalue weighted by Crippen LogP contribution is 2.21. The van der Waals surface area contributed by atoms with E-state index in [2.05, 4.69) is 10.0 Å². The number of para-hydroxylation sites is 1. The number of benzene rings is 2. The van der Waals surface area contributed by atoms with Gasteiger partial charge in [-0.2, -0.15) is 0 Å². The van der Waals surface area contributed by atoms with Gasteiger partial charge in [0.05, 0.1) is 16.1 Å². The maximum Gasteiger partial charge on any atom is 0.340 e. The van der Waals surface area contributed by atoms with Crippen LogP contribution in [0.4, 0.5) is 14.9 Å². The number of carbonyl (C=O) groups excluding carboxylic acids is 3. The third-order valence-electron chi connectivity index (χ3n) is 3.77. The van der Waals surface area contributed by atoms with Gasteiger partial charge in [0.25, 0.3) is 15.9 Å². The molecule has 0 fully saturated rings. The zero-order valence-electron chi connectivity index (χ0n) is 16.8. The molecule has 0 radical (unpaired) electrons. The van der Waals surface area contributed by atoms with Gasteiger partial charge >= 0.3 is 12.0 Å². The highest BCUT2D eigenvalue weighted by atomic mass is 32.2. The summed E-state index contributed by atoms with van der Waals surface area (Å²) in [5, 5.41) is 4.49. The van der Waals surface area contributed by atoms with Crippen LogP contribution in [0.1, 0.15) is 24.2 Å². The number of halogens is 1. The SMILES string of the molecule is CC(C)CNC(=O)NC(=O)COC(=O)c1ccccc1NS(=O)(=O)c1ccc(F)cc1. The topological polar surface area (TPSA) is 131 Å². The molecule has 0 spiro atoms. The molecule has 0 saturated carbocycles. The van der Waals surface area contributed by atoms with Crippen molar-refractivity contribution >= 4 is 33.6 Å². The molecule has 3 N–H and O–H groups in total. The van der Waals surface area contributed by atoms with E-state index in [1.165, 1.54) is 24.3 Å². The molecule has 3 amide bonds. The zero-order chi connectivity index (χ0) is 23.0. The number of esters is 1. The molecular formula is C20H22FN3O6S. The fraction of sp³-hybridized carbons (Fsp3) is 0.250. The Balaban J connectivity index is 2.02. The molecule has 0 heterocycles. The van der Waals surface area contributed by atoms with Gasteiger partial charge in [0, 0.05) is 6.54 Å². The first kappa shape index (κ1) is 23.8. The summed E-state index contributed by atoms with van der Waals surface area (Å²) in [6.45, 7) is 3.38. The maximum absolute atomic E-state index is 13.0. The van der Waals surface area contributed by atoms with E-state index in [4.69, 9.17) is 4.74 Å². The van der Waals surface area contributed by atoms with E-state index in [9.17, 15) is 27.2 Å². The van der Waals surface area contributed by atoms with Gasteiger partial charge in [-0.15, -0.1) is 0 Å². The molecule has 2 aromatic carbocycles. The van der Waals surface area contributed by atoms with Crippen LogP contribution in [0.5, 0.6) is 0 Å². The van der Waals surface area contributed by atoms with Crippen molar-refractivity contribution in [1.82, 2.24) is 10.6 Å². The lowest BCUT2D eigenvalue weighted by molar-refractivity contribution is -0.123. The minimum absolute atomic E-state index is 0.0908. The molecule has 0 aromatic heterocycles. The van der Waals surface area contributed by atoms with Crippen molar-refractivity contribution in [2.24, 2.45) is 5.92 Å². The molecule has 9 nitrogen and oxygen atoms in total. The molecule has 0 aliphatic heterocycles. The third kappa shape index (κ3) is 7.37. The lowest BCUT2D eigenvalue weighted by atomic mass is 10.2. The van der Waals surface area contributed by atoms with Crippen LogP contribution >= 0.6 is 0 Å². The van der Waals surface area contributed by atoms with Crippen molar-refractivity contribution in [2.45, 2.75) is 18.7 Å². The number of nitrogens with one attached hydrogen (secondary N) is 3. The summed E-state index contributed by atoms with van der Waals surface area (Å²) in [5.41, 5.74) is -0.239. The number of sulfonamides is 1. The maximum atomic E-state index is 13.0. The van der Waals surface area contributed by atoms with Gasteiger partial charge in [0.2, 0.25) is 0 Å². The van der Waals surface area contributed by atoms with Crippen molar-refractivity contribution < 1.29 is 31.9 Å². The first-order chi connectivity index (χ1) is 14.6. The van der Waals surface area contributed by atoms with E-state index in [1.807, 2.05) is 19.2 Å². The van der Waals surface area contributed by atoms with E-state index in [1.54, 1.807) is 0 Å². The summed E-state index contributed by atoms with van der Waals surface area (Å²) in [6, 6.07) is 9.02. The molecular weight excluding hydrogens is 429 g/mol. The molecule has 0 aliphatic carbocycles. The molecule has 166 valence electrons. The Morgan fingerprint density at radius 3 is 2.32 bits per heavy atom. The lowest BCUT2D eigenvalue weighted by Crippen LogP contribution is -2.42. The van der Waals surface area contributed by atoms with Crippen LogP contribution in [-0.4, -0.2) is 39.5 Å². The smallest absolute Gasteiger partial charge is 0.340 e. The number of ether oxygens (including phenoxy) is 1. The summed E-state index contributed by atoms with van der Waals surface area (Å²) in [6.07, 6.45) is 0. The summed E-state index contributed by atoms with van der Waals surface area (Å²) in [7, 11) is -4.10. The Bertz CT molecular complexity index is 1050. The number of amides is 3. The van der Waals surface area contributed by atoms with Crippen LogP contribution in [-0.2, 0) is 19.6 Å². The Morgan fingerprint density at radius 1 is 1.03 bits per heavy atom. The average molecular weight is 451 g/mol. The van der Waals surface area contributed by atoms with Gasteiger partial charge in [-0.3, -0.25) is 14.8 Å². The van der Waals surface area contributed by atoms with Crippen LogP contribution in [0.15, 0.2) is 53.4 Å². The summed E-state index contributed by atoms with van der Waals surface area (Å²) in [4.78, 5) is 35.5. The number of anilines is 1. The Kier molecular flexibility index (Phi) is 8.08. The van der Waals surface area contributed by atoms with Gasteiger partial charge in [0.1, 0.15) is 5.82 Å². The monoisotopic (exact) mass is 451 g/mol. The van der Waals surface area contributed by atoms with Gasteiger partial charge in [-0.05, 0) is 42.3 Å². The van der Waals surface area contributed by atoms with Crippen molar-refractivity contribution in [3.8, 4) is 0 Å². The molecule has 0 aliphatic rings. The highest BCUT2D eigenvalue weighted by Gasteiger charge is 2.20. The van der Waals surface area contributed by atoms with Crippen molar-refractivity contribution in [2.75, 3.05) is 17.9 Å². The second-order valence-corrected chi connectivity index (χ2v) is 8.52. The minimum Gasteiger partial charge on any atom is -0.452 e. The molecule has 0 saturated heterocycles. The van der Waals surface area contributed by atoms with E-state index in [0.29, 0.717) is 6.54 Å². The Morgan fingerprint density at radius 2 is 1.68 bits per heavy atom. The van der Waals surface area contributed by atoms with Crippen LogP contribution in [0.25, 0.3) is 0 Å². The molecule has 2 rings (SSSR count). The van der Waals surface area contributed by atoms with E-state index in [-0.39, 0.29) is 22.1 Å². The number of urea groups is 1. The molecule has 0 unspecified atom stereocenters. The molecule has 0 bridgehead atoms. The van der Waals surface area contributed by atoms with Crippen LogP contribution in [0.3, 0.4) is 0 Å². The van der Waals surface area contributed by atoms with Crippen molar-refractivity contribution in [1.29, 1.82) is 0 Å². The standard InChI is InChI=1S/C20H22FN3O6S/c1-13(2)11-22-20(27)23-18(25)12-30-19(26)16-5-3-4-6-17(16)24-31(28,29)15-9-7-14(21)8-10-15/h3-10,13,24H,11-12H2,1-2H3,(H2,22,23,25,27). The Hall–Kier alpha value is -3.47. The van der Waals surface area contributed by atoms with Crippen LogP contribution in [0, 0.1) is 11.7 Å². The lowest BCUT2D eigenvalue weighted by Gasteiger charge is -2.12. The van der Waals surface area contributed by atoms with Crippen LogP contribution in [0.2, 0.25) is 0 Å². The van der Waals surface area contributed by atoms with E-state index < -0.39 is 40.4 Å². The van der Waals surface area contributed by atoms with Crippen LogP contribution < -0.4 is 15.4 Å². The highest BCUT2D eigenvalue weighted by molar-refractivity contribution is 7.92. The normalized spacial score (nSPS) is 11.0. The quantitative estimate of drug-likeness (QED) is 0.528. The van der Waals surface area contributed by atoms with Crippen molar-refractivity contribution in [3.05, 3.63) is 59.9 Å². The second-order valence-electron chi connectivity index (χ2n) is 6.83. The first-order valence-electron chi connectivity index (χ1n) is 9.20.